The van der Waals surface area contributed by atoms with E-state index in [0.717, 1.165) is 4.90 Å². The van der Waals surface area contributed by atoms with Crippen molar-refractivity contribution in [3.05, 3.63) is 24.3 Å². The minimum absolute atomic E-state index is 0.111. The second-order valence-corrected chi connectivity index (χ2v) is 7.53. The Labute approximate surface area is 119 Å². The van der Waals surface area contributed by atoms with Crippen molar-refractivity contribution in [1.29, 1.82) is 0 Å². The van der Waals surface area contributed by atoms with Gasteiger partial charge in [-0.2, -0.15) is 0 Å². The highest BCUT2D eigenvalue weighted by atomic mass is 32.2. The summed E-state index contributed by atoms with van der Waals surface area (Å²) in [5.74, 6) is 0.626. The van der Waals surface area contributed by atoms with E-state index in [1.165, 1.54) is 11.8 Å². The highest BCUT2D eigenvalue weighted by Crippen LogP contribution is 2.19. The van der Waals surface area contributed by atoms with Gasteiger partial charge in [0.15, 0.2) is 0 Å². The van der Waals surface area contributed by atoms with Gasteiger partial charge < -0.3 is 10.6 Å². The van der Waals surface area contributed by atoms with E-state index in [4.69, 9.17) is 5.73 Å². The minimum Gasteiger partial charge on any atom is -0.399 e. The molecule has 0 aliphatic carbocycles. The molecule has 0 aliphatic rings. The smallest absolute Gasteiger partial charge is 0.212 e. The predicted octanol–water partition coefficient (Wildman–Crippen LogP) is 0.842. The van der Waals surface area contributed by atoms with Crippen LogP contribution in [0, 0.1) is 0 Å². The van der Waals surface area contributed by atoms with Gasteiger partial charge in [0.05, 0.1) is 5.75 Å². The standard InChI is InChI=1S/C12H21N3O2S2/c1-15(2)7-6-14-19(16,17)9-8-18-12-5-3-4-11(13)10-12/h3-5,10,14H,6-9,13H2,1-2H3. The quantitative estimate of drug-likeness (QED) is 0.550. The molecule has 0 heterocycles. The van der Waals surface area contributed by atoms with E-state index < -0.39 is 10.0 Å². The van der Waals surface area contributed by atoms with E-state index in [1.807, 2.05) is 43.3 Å². The van der Waals surface area contributed by atoms with Crippen molar-refractivity contribution in [3.63, 3.8) is 0 Å². The Bertz CT molecular complexity index is 490. The van der Waals surface area contributed by atoms with Crippen LogP contribution in [-0.4, -0.2) is 52.0 Å². The summed E-state index contributed by atoms with van der Waals surface area (Å²) < 4.78 is 26.0. The second kappa shape index (κ2) is 7.74. The van der Waals surface area contributed by atoms with Gasteiger partial charge in [-0.25, -0.2) is 13.1 Å². The number of anilines is 1. The molecule has 1 rings (SSSR count). The van der Waals surface area contributed by atoms with Gasteiger partial charge in [-0.05, 0) is 32.3 Å². The number of benzene rings is 1. The van der Waals surface area contributed by atoms with E-state index in [9.17, 15) is 8.42 Å². The monoisotopic (exact) mass is 303 g/mol. The summed E-state index contributed by atoms with van der Waals surface area (Å²) in [5.41, 5.74) is 6.35. The van der Waals surface area contributed by atoms with Crippen LogP contribution in [0.3, 0.4) is 0 Å². The Balaban J connectivity index is 2.31. The van der Waals surface area contributed by atoms with Crippen molar-refractivity contribution in [2.24, 2.45) is 0 Å². The molecule has 0 saturated heterocycles. The molecule has 0 atom stereocenters. The number of rotatable bonds is 8. The Morgan fingerprint density at radius 2 is 2.11 bits per heavy atom. The third-order valence-electron chi connectivity index (χ3n) is 2.36. The Morgan fingerprint density at radius 1 is 1.37 bits per heavy atom. The lowest BCUT2D eigenvalue weighted by atomic mass is 10.3. The first-order valence-corrected chi connectivity index (χ1v) is 8.63. The number of hydrogen-bond acceptors (Lipinski definition) is 5. The van der Waals surface area contributed by atoms with Crippen LogP contribution in [0.5, 0.6) is 0 Å². The molecule has 7 heteroatoms. The van der Waals surface area contributed by atoms with E-state index in [-0.39, 0.29) is 5.75 Å². The number of likely N-dealkylation sites (N-methyl/N-ethyl adjacent to an activating group) is 1. The van der Waals surface area contributed by atoms with Crippen LogP contribution < -0.4 is 10.5 Å². The van der Waals surface area contributed by atoms with Gasteiger partial charge in [-0.15, -0.1) is 11.8 Å². The van der Waals surface area contributed by atoms with Crippen molar-refractivity contribution in [2.45, 2.75) is 4.90 Å². The molecule has 3 N–H and O–H groups in total. The van der Waals surface area contributed by atoms with Gasteiger partial charge in [-0.3, -0.25) is 0 Å². The first-order chi connectivity index (χ1) is 8.89. The first-order valence-electron chi connectivity index (χ1n) is 5.99. The number of nitrogen functional groups attached to an aromatic ring is 1. The number of nitrogens with zero attached hydrogens (tertiary/aromatic N) is 1. The maximum Gasteiger partial charge on any atom is 0.212 e. The van der Waals surface area contributed by atoms with E-state index >= 15 is 0 Å². The molecule has 1 aromatic rings. The molecule has 5 nitrogen and oxygen atoms in total. The summed E-state index contributed by atoms with van der Waals surface area (Å²) in [4.78, 5) is 2.92. The van der Waals surface area contributed by atoms with Crippen LogP contribution in [0.4, 0.5) is 5.69 Å². The molecule has 0 spiro atoms. The van der Waals surface area contributed by atoms with Crippen molar-refractivity contribution < 1.29 is 8.42 Å². The van der Waals surface area contributed by atoms with Crippen LogP contribution in [0.25, 0.3) is 0 Å². The molecule has 0 amide bonds. The van der Waals surface area contributed by atoms with Gasteiger partial charge in [0.25, 0.3) is 0 Å². The van der Waals surface area contributed by atoms with Gasteiger partial charge in [0, 0.05) is 29.4 Å². The highest BCUT2D eigenvalue weighted by Gasteiger charge is 2.09. The molecule has 0 bridgehead atoms. The average Bonchev–Trinajstić information content (AvgIpc) is 2.27. The molecule has 0 fully saturated rings. The number of thioether (sulfide) groups is 1. The van der Waals surface area contributed by atoms with Crippen LogP contribution in [-0.2, 0) is 10.0 Å². The normalized spacial score (nSPS) is 11.9. The third-order valence-corrected chi connectivity index (χ3v) is 5.00. The summed E-state index contributed by atoms with van der Waals surface area (Å²) in [6.45, 7) is 1.14. The minimum atomic E-state index is -3.19. The summed E-state index contributed by atoms with van der Waals surface area (Å²) >= 11 is 1.49. The van der Waals surface area contributed by atoms with Crippen LogP contribution in [0.2, 0.25) is 0 Å². The van der Waals surface area contributed by atoms with Crippen molar-refractivity contribution >= 4 is 27.5 Å². The molecule has 1 aromatic carbocycles. The van der Waals surface area contributed by atoms with Gasteiger partial charge >= 0.3 is 0 Å². The van der Waals surface area contributed by atoms with Gasteiger partial charge in [0.1, 0.15) is 0 Å². The fraction of sp³-hybridized carbons (Fsp3) is 0.500. The number of hydrogen-bond donors (Lipinski definition) is 2. The fourth-order valence-electron chi connectivity index (χ4n) is 1.37. The first kappa shape index (κ1) is 16.3. The molecule has 0 saturated carbocycles. The molecule has 0 aromatic heterocycles. The number of nitrogens with two attached hydrogens (primary N) is 1. The molecule has 19 heavy (non-hydrogen) atoms. The van der Waals surface area contributed by atoms with E-state index in [1.54, 1.807) is 0 Å². The highest BCUT2D eigenvalue weighted by molar-refractivity contribution is 8.00. The average molecular weight is 303 g/mol. The van der Waals surface area contributed by atoms with Crippen molar-refractivity contribution in [3.8, 4) is 0 Å². The Morgan fingerprint density at radius 3 is 2.74 bits per heavy atom. The zero-order chi connectivity index (χ0) is 14.3. The lowest BCUT2D eigenvalue weighted by Crippen LogP contribution is -2.33. The molecular weight excluding hydrogens is 282 g/mol. The van der Waals surface area contributed by atoms with E-state index in [2.05, 4.69) is 4.72 Å². The SMILES string of the molecule is CN(C)CCNS(=O)(=O)CCSc1cccc(N)c1. The van der Waals surface area contributed by atoms with E-state index in [0.29, 0.717) is 24.5 Å². The number of sulfonamides is 1. The maximum absolute atomic E-state index is 11.7. The lowest BCUT2D eigenvalue weighted by molar-refractivity contribution is 0.412. The van der Waals surface area contributed by atoms with Crippen molar-refractivity contribution in [1.82, 2.24) is 9.62 Å². The Kier molecular flexibility index (Phi) is 6.64. The van der Waals surface area contributed by atoms with Crippen LogP contribution >= 0.6 is 11.8 Å². The predicted molar refractivity (Wildman–Crippen MR) is 81.9 cm³/mol. The van der Waals surface area contributed by atoms with Gasteiger partial charge in [-0.1, -0.05) is 6.07 Å². The topological polar surface area (TPSA) is 75.4 Å². The second-order valence-electron chi connectivity index (χ2n) is 4.44. The molecule has 108 valence electrons. The molecule has 0 aliphatic heterocycles. The van der Waals surface area contributed by atoms with Crippen LogP contribution in [0.15, 0.2) is 29.2 Å². The van der Waals surface area contributed by atoms with Crippen LogP contribution in [0.1, 0.15) is 0 Å². The van der Waals surface area contributed by atoms with Crippen molar-refractivity contribution in [2.75, 3.05) is 44.4 Å². The molecule has 0 radical (unpaired) electrons. The molecule has 0 unspecified atom stereocenters. The summed E-state index contributed by atoms with van der Waals surface area (Å²) in [6, 6.07) is 7.44. The lowest BCUT2D eigenvalue weighted by Gasteiger charge is -2.10. The number of nitrogens with one attached hydrogen (secondary N) is 1. The largest absolute Gasteiger partial charge is 0.399 e. The molecular formula is C12H21N3O2S2. The summed E-state index contributed by atoms with van der Waals surface area (Å²) in [5, 5.41) is 0. The fourth-order valence-corrected chi connectivity index (χ4v) is 3.76. The summed E-state index contributed by atoms with van der Waals surface area (Å²) in [7, 11) is 0.627. The zero-order valence-electron chi connectivity index (χ0n) is 11.3. The third kappa shape index (κ3) is 7.41. The summed E-state index contributed by atoms with van der Waals surface area (Å²) in [6.07, 6.45) is 0. The maximum atomic E-state index is 11.7. The zero-order valence-corrected chi connectivity index (χ0v) is 12.9. The Hall–Kier alpha value is -0.760. The van der Waals surface area contributed by atoms with Gasteiger partial charge in [0.2, 0.25) is 10.0 Å².